The standard InChI is InChI=1S/C12H12F3NO3/c1-7(17)10(11(18)16-2)8-5-3-4-6-9(8)19-12(13,14)15/h3-6,17H,1-2H3,(H,16,18)/b10-7+. The summed E-state index contributed by atoms with van der Waals surface area (Å²) in [5.41, 5.74) is -0.415. The molecule has 2 N–H and O–H groups in total. The van der Waals surface area contributed by atoms with Gasteiger partial charge >= 0.3 is 6.36 Å². The highest BCUT2D eigenvalue weighted by atomic mass is 19.4. The molecule has 1 aromatic rings. The SMILES string of the molecule is CNC(=O)/C(=C(\C)O)c1ccccc1OC(F)(F)F. The number of carbonyl (C=O) groups excluding carboxylic acids is 1. The van der Waals surface area contributed by atoms with E-state index in [1.54, 1.807) is 0 Å². The van der Waals surface area contributed by atoms with E-state index in [-0.39, 0.29) is 11.1 Å². The molecule has 0 bridgehead atoms. The molecule has 104 valence electrons. The summed E-state index contributed by atoms with van der Waals surface area (Å²) in [6.07, 6.45) is -4.88. The number of aliphatic hydroxyl groups excluding tert-OH is 1. The van der Waals surface area contributed by atoms with Gasteiger partial charge in [0.15, 0.2) is 0 Å². The minimum atomic E-state index is -4.88. The third kappa shape index (κ3) is 3.90. The van der Waals surface area contributed by atoms with Gasteiger partial charge in [-0.25, -0.2) is 0 Å². The van der Waals surface area contributed by atoms with E-state index in [4.69, 9.17) is 0 Å². The number of carbonyl (C=O) groups is 1. The fraction of sp³-hybridized carbons (Fsp3) is 0.250. The number of hydrogen-bond acceptors (Lipinski definition) is 3. The molecule has 0 aromatic heterocycles. The van der Waals surface area contributed by atoms with Crippen LogP contribution in [0.3, 0.4) is 0 Å². The molecule has 0 aliphatic carbocycles. The van der Waals surface area contributed by atoms with Crippen molar-refractivity contribution in [2.45, 2.75) is 13.3 Å². The van der Waals surface area contributed by atoms with Crippen molar-refractivity contribution in [3.05, 3.63) is 35.6 Å². The molecule has 0 aliphatic rings. The van der Waals surface area contributed by atoms with E-state index in [1.807, 2.05) is 0 Å². The zero-order chi connectivity index (χ0) is 14.6. The van der Waals surface area contributed by atoms with Crippen molar-refractivity contribution in [1.29, 1.82) is 0 Å². The van der Waals surface area contributed by atoms with E-state index in [1.165, 1.54) is 32.2 Å². The fourth-order valence-electron chi connectivity index (χ4n) is 1.49. The van der Waals surface area contributed by atoms with Gasteiger partial charge in [-0.3, -0.25) is 4.79 Å². The van der Waals surface area contributed by atoms with Crippen LogP contribution in [0.5, 0.6) is 5.75 Å². The van der Waals surface area contributed by atoms with E-state index in [0.717, 1.165) is 6.07 Å². The lowest BCUT2D eigenvalue weighted by Gasteiger charge is -2.15. The molecule has 0 unspecified atom stereocenters. The zero-order valence-corrected chi connectivity index (χ0v) is 10.2. The summed E-state index contributed by atoms with van der Waals surface area (Å²) in [5, 5.41) is 11.7. The maximum atomic E-state index is 12.3. The van der Waals surface area contributed by atoms with Gasteiger partial charge in [-0.15, -0.1) is 13.2 Å². The molecule has 0 heterocycles. The lowest BCUT2D eigenvalue weighted by molar-refractivity contribution is -0.274. The monoisotopic (exact) mass is 275 g/mol. The van der Waals surface area contributed by atoms with Gasteiger partial charge in [0.2, 0.25) is 0 Å². The highest BCUT2D eigenvalue weighted by molar-refractivity contribution is 6.20. The third-order valence-electron chi connectivity index (χ3n) is 2.20. The first-order valence-electron chi connectivity index (χ1n) is 5.23. The Morgan fingerprint density at radius 3 is 2.37 bits per heavy atom. The van der Waals surface area contributed by atoms with Crippen molar-refractivity contribution in [3.63, 3.8) is 0 Å². The van der Waals surface area contributed by atoms with Gasteiger partial charge in [0, 0.05) is 12.6 Å². The molecule has 0 radical (unpaired) electrons. The molecular weight excluding hydrogens is 263 g/mol. The minimum absolute atomic E-state index is 0.140. The van der Waals surface area contributed by atoms with Crippen molar-refractivity contribution in [2.75, 3.05) is 7.05 Å². The predicted molar refractivity (Wildman–Crippen MR) is 62.4 cm³/mol. The van der Waals surface area contributed by atoms with Crippen molar-refractivity contribution >= 4 is 11.5 Å². The number of allylic oxidation sites excluding steroid dienone is 1. The first-order chi connectivity index (χ1) is 8.76. The first kappa shape index (κ1) is 14.9. The van der Waals surface area contributed by atoms with Crippen LogP contribution in [0.15, 0.2) is 30.0 Å². The molecule has 1 amide bonds. The number of aliphatic hydroxyl groups is 1. The number of likely N-dealkylation sites (N-methyl/N-ethyl adjacent to an activating group) is 1. The number of para-hydroxylation sites is 1. The number of alkyl halides is 3. The summed E-state index contributed by atoms with van der Waals surface area (Å²) >= 11 is 0. The smallest absolute Gasteiger partial charge is 0.512 e. The lowest BCUT2D eigenvalue weighted by atomic mass is 10.0. The summed E-state index contributed by atoms with van der Waals surface area (Å²) in [7, 11) is 1.30. The molecule has 7 heteroatoms. The van der Waals surface area contributed by atoms with E-state index in [9.17, 15) is 23.1 Å². The van der Waals surface area contributed by atoms with Gasteiger partial charge in [0.1, 0.15) is 11.5 Å². The van der Waals surface area contributed by atoms with Crippen LogP contribution in [0, 0.1) is 0 Å². The second-order valence-corrected chi connectivity index (χ2v) is 3.58. The normalized spacial score (nSPS) is 12.7. The van der Waals surface area contributed by atoms with E-state index >= 15 is 0 Å². The Balaban J connectivity index is 3.33. The highest BCUT2D eigenvalue weighted by Gasteiger charge is 2.33. The molecule has 0 saturated heterocycles. The van der Waals surface area contributed by atoms with Crippen molar-refractivity contribution in [2.24, 2.45) is 0 Å². The number of hydrogen-bond donors (Lipinski definition) is 2. The molecule has 0 fully saturated rings. The Kier molecular flexibility index (Phi) is 4.42. The van der Waals surface area contributed by atoms with E-state index in [2.05, 4.69) is 10.1 Å². The molecule has 0 spiro atoms. The predicted octanol–water partition coefficient (Wildman–Crippen LogP) is 2.62. The summed E-state index contributed by atoms with van der Waals surface area (Å²) in [4.78, 5) is 11.6. The van der Waals surface area contributed by atoms with Gasteiger partial charge in [-0.1, -0.05) is 18.2 Å². The quantitative estimate of drug-likeness (QED) is 0.658. The van der Waals surface area contributed by atoms with Crippen molar-refractivity contribution in [1.82, 2.24) is 5.32 Å². The molecule has 1 rings (SSSR count). The van der Waals surface area contributed by atoms with Gasteiger partial charge < -0.3 is 15.2 Å². The Morgan fingerprint density at radius 2 is 1.89 bits per heavy atom. The van der Waals surface area contributed by atoms with Crippen molar-refractivity contribution in [3.8, 4) is 5.75 Å². The minimum Gasteiger partial charge on any atom is -0.512 e. The third-order valence-corrected chi connectivity index (χ3v) is 2.20. The molecule has 0 atom stereocenters. The van der Waals surface area contributed by atoms with Crippen LogP contribution in [-0.2, 0) is 4.79 Å². The number of ether oxygens (including phenoxy) is 1. The van der Waals surface area contributed by atoms with Crippen LogP contribution in [0.1, 0.15) is 12.5 Å². The number of halogens is 3. The maximum Gasteiger partial charge on any atom is 0.573 e. The molecule has 19 heavy (non-hydrogen) atoms. The van der Waals surface area contributed by atoms with Crippen LogP contribution in [0.2, 0.25) is 0 Å². The Morgan fingerprint density at radius 1 is 1.32 bits per heavy atom. The van der Waals surface area contributed by atoms with Crippen LogP contribution in [0.4, 0.5) is 13.2 Å². The summed E-state index contributed by atoms with van der Waals surface area (Å²) in [6.45, 7) is 1.20. The average molecular weight is 275 g/mol. The number of nitrogens with one attached hydrogen (secondary N) is 1. The Bertz CT molecular complexity index is 505. The highest BCUT2D eigenvalue weighted by Crippen LogP contribution is 2.31. The second-order valence-electron chi connectivity index (χ2n) is 3.58. The maximum absolute atomic E-state index is 12.3. The largest absolute Gasteiger partial charge is 0.573 e. The molecule has 0 aliphatic heterocycles. The Labute approximate surface area is 107 Å². The summed E-state index contributed by atoms with van der Waals surface area (Å²) in [6, 6.07) is 5.09. The van der Waals surface area contributed by atoms with E-state index in [0.29, 0.717) is 0 Å². The van der Waals surface area contributed by atoms with Gasteiger partial charge in [-0.05, 0) is 13.0 Å². The van der Waals surface area contributed by atoms with Gasteiger partial charge in [0.25, 0.3) is 5.91 Å². The van der Waals surface area contributed by atoms with Crippen LogP contribution >= 0.6 is 0 Å². The molecule has 4 nitrogen and oxygen atoms in total. The zero-order valence-electron chi connectivity index (χ0n) is 10.2. The molecule has 0 saturated carbocycles. The van der Waals surface area contributed by atoms with Crippen LogP contribution in [-0.4, -0.2) is 24.4 Å². The second kappa shape index (κ2) is 5.64. The molecular formula is C12H12F3NO3. The summed E-state index contributed by atoms with van der Waals surface area (Å²) in [5.74, 6) is -1.67. The molecule has 1 aromatic carbocycles. The van der Waals surface area contributed by atoms with Crippen molar-refractivity contribution < 1.29 is 27.8 Å². The van der Waals surface area contributed by atoms with Gasteiger partial charge in [-0.2, -0.15) is 0 Å². The summed E-state index contributed by atoms with van der Waals surface area (Å²) < 4.78 is 40.6. The fourth-order valence-corrected chi connectivity index (χ4v) is 1.49. The van der Waals surface area contributed by atoms with Crippen LogP contribution < -0.4 is 10.1 Å². The number of rotatable bonds is 3. The average Bonchev–Trinajstić information content (AvgIpc) is 2.29. The number of amides is 1. The van der Waals surface area contributed by atoms with Gasteiger partial charge in [0.05, 0.1) is 5.57 Å². The first-order valence-corrected chi connectivity index (χ1v) is 5.23. The number of benzene rings is 1. The van der Waals surface area contributed by atoms with E-state index < -0.39 is 23.8 Å². The van der Waals surface area contributed by atoms with Crippen LogP contribution in [0.25, 0.3) is 5.57 Å². The lowest BCUT2D eigenvalue weighted by Crippen LogP contribution is -2.22. The topological polar surface area (TPSA) is 58.6 Å². The Hall–Kier alpha value is -2.18.